The van der Waals surface area contributed by atoms with E-state index in [0.29, 0.717) is 17.9 Å². The van der Waals surface area contributed by atoms with Crippen molar-refractivity contribution in [3.05, 3.63) is 23.8 Å². The molecule has 96 valence electrons. The average molecular weight is 248 g/mol. The highest BCUT2D eigenvalue weighted by Gasteiger charge is 2.39. The number of fused-ring (bicyclic) bond motifs is 1. The highest BCUT2D eigenvalue weighted by molar-refractivity contribution is 6.12. The third kappa shape index (κ3) is 1.72. The van der Waals surface area contributed by atoms with Gasteiger partial charge in [0.25, 0.3) is 5.91 Å². The van der Waals surface area contributed by atoms with Gasteiger partial charge < -0.3 is 15.3 Å². The fourth-order valence-corrected chi connectivity index (χ4v) is 2.24. The van der Waals surface area contributed by atoms with E-state index in [2.05, 4.69) is 5.32 Å². The number of hydrogen-bond donors (Lipinski definition) is 2. The summed E-state index contributed by atoms with van der Waals surface area (Å²) in [4.78, 5) is 25.0. The van der Waals surface area contributed by atoms with Crippen molar-refractivity contribution in [1.82, 2.24) is 0 Å². The van der Waals surface area contributed by atoms with Crippen LogP contribution in [0, 0.1) is 0 Å². The summed E-state index contributed by atoms with van der Waals surface area (Å²) in [7, 11) is 0. The fourth-order valence-electron chi connectivity index (χ4n) is 2.24. The SMILES string of the molecule is CCN1C(=O)C(C)(C)Nc2cccc(C(=O)O)c21. The van der Waals surface area contributed by atoms with Gasteiger partial charge in [0.1, 0.15) is 5.54 Å². The van der Waals surface area contributed by atoms with E-state index in [-0.39, 0.29) is 11.5 Å². The molecule has 5 nitrogen and oxygen atoms in total. The van der Waals surface area contributed by atoms with Crippen molar-refractivity contribution < 1.29 is 14.7 Å². The monoisotopic (exact) mass is 248 g/mol. The summed E-state index contributed by atoms with van der Waals surface area (Å²) in [5, 5.41) is 12.3. The molecular formula is C13H16N2O3. The van der Waals surface area contributed by atoms with E-state index >= 15 is 0 Å². The first-order valence-electron chi connectivity index (χ1n) is 5.85. The first-order valence-corrected chi connectivity index (χ1v) is 5.85. The topological polar surface area (TPSA) is 69.6 Å². The number of amides is 1. The predicted octanol–water partition coefficient (Wildman–Crippen LogP) is 1.94. The van der Waals surface area contributed by atoms with E-state index in [1.165, 1.54) is 11.0 Å². The Morgan fingerprint density at radius 3 is 2.67 bits per heavy atom. The first kappa shape index (κ1) is 12.4. The van der Waals surface area contributed by atoms with Crippen molar-refractivity contribution in [2.45, 2.75) is 26.3 Å². The number of aromatic carboxylic acids is 1. The average Bonchev–Trinajstić information content (AvgIpc) is 2.29. The summed E-state index contributed by atoms with van der Waals surface area (Å²) in [5.74, 6) is -1.15. The van der Waals surface area contributed by atoms with Gasteiger partial charge in [-0.3, -0.25) is 4.79 Å². The minimum atomic E-state index is -1.03. The molecule has 0 unspecified atom stereocenters. The number of nitrogens with one attached hydrogen (secondary N) is 1. The third-order valence-electron chi connectivity index (χ3n) is 3.08. The molecule has 1 aliphatic heterocycles. The molecule has 0 fully saturated rings. The number of carbonyl (C=O) groups is 2. The molecule has 1 aromatic rings. The molecule has 0 atom stereocenters. The van der Waals surface area contributed by atoms with Crippen molar-refractivity contribution in [3.8, 4) is 0 Å². The van der Waals surface area contributed by atoms with Gasteiger partial charge in [-0.15, -0.1) is 0 Å². The maximum absolute atomic E-state index is 12.3. The number of likely N-dealkylation sites (N-methyl/N-ethyl adjacent to an activating group) is 1. The van der Waals surface area contributed by atoms with Crippen LogP contribution >= 0.6 is 0 Å². The Morgan fingerprint density at radius 1 is 1.44 bits per heavy atom. The van der Waals surface area contributed by atoms with Gasteiger partial charge in [-0.25, -0.2) is 4.79 Å². The number of carboxylic acid groups (broad SMARTS) is 1. The van der Waals surface area contributed by atoms with E-state index < -0.39 is 11.5 Å². The van der Waals surface area contributed by atoms with Gasteiger partial charge in [0.2, 0.25) is 0 Å². The second-order valence-electron chi connectivity index (χ2n) is 4.81. The Kier molecular flexibility index (Phi) is 2.77. The number of anilines is 2. The third-order valence-corrected chi connectivity index (χ3v) is 3.08. The Labute approximate surface area is 105 Å². The van der Waals surface area contributed by atoms with Crippen molar-refractivity contribution >= 4 is 23.3 Å². The molecule has 18 heavy (non-hydrogen) atoms. The minimum Gasteiger partial charge on any atom is -0.478 e. The van der Waals surface area contributed by atoms with E-state index in [1.54, 1.807) is 26.0 Å². The smallest absolute Gasteiger partial charge is 0.337 e. The lowest BCUT2D eigenvalue weighted by Crippen LogP contribution is -2.54. The molecule has 1 aliphatic rings. The number of carbonyl (C=O) groups excluding carboxylic acids is 1. The number of carboxylic acids is 1. The van der Waals surface area contributed by atoms with Gasteiger partial charge in [0, 0.05) is 6.54 Å². The standard InChI is InChI=1S/C13H16N2O3/c1-4-15-10-8(11(16)17)6-5-7-9(10)14-13(2,3)12(15)18/h5-7,14H,4H2,1-3H3,(H,16,17). The molecule has 0 saturated carbocycles. The van der Waals surface area contributed by atoms with E-state index in [9.17, 15) is 14.7 Å². The van der Waals surface area contributed by atoms with Crippen LogP contribution in [0.3, 0.4) is 0 Å². The lowest BCUT2D eigenvalue weighted by Gasteiger charge is -2.40. The molecule has 0 spiro atoms. The number of nitrogens with zero attached hydrogens (tertiary/aromatic N) is 1. The van der Waals surface area contributed by atoms with Gasteiger partial charge >= 0.3 is 5.97 Å². The summed E-state index contributed by atoms with van der Waals surface area (Å²) >= 11 is 0. The second kappa shape index (κ2) is 4.01. The highest BCUT2D eigenvalue weighted by atomic mass is 16.4. The van der Waals surface area contributed by atoms with Crippen molar-refractivity contribution in [1.29, 1.82) is 0 Å². The van der Waals surface area contributed by atoms with Crippen LogP contribution < -0.4 is 10.2 Å². The number of para-hydroxylation sites is 1. The second-order valence-corrected chi connectivity index (χ2v) is 4.81. The lowest BCUT2D eigenvalue weighted by atomic mass is 9.96. The molecule has 2 N–H and O–H groups in total. The maximum Gasteiger partial charge on any atom is 0.337 e. The maximum atomic E-state index is 12.3. The fraction of sp³-hybridized carbons (Fsp3) is 0.385. The van der Waals surface area contributed by atoms with Crippen molar-refractivity contribution in [2.24, 2.45) is 0 Å². The van der Waals surface area contributed by atoms with Crippen LogP contribution in [0.1, 0.15) is 31.1 Å². The molecule has 1 amide bonds. The van der Waals surface area contributed by atoms with Crippen molar-refractivity contribution in [2.75, 3.05) is 16.8 Å². The van der Waals surface area contributed by atoms with Gasteiger partial charge in [-0.05, 0) is 32.9 Å². The normalized spacial score (nSPS) is 17.1. The zero-order valence-corrected chi connectivity index (χ0v) is 10.7. The Balaban J connectivity index is 2.67. The minimum absolute atomic E-state index is 0.119. The lowest BCUT2D eigenvalue weighted by molar-refractivity contribution is -0.122. The molecule has 0 aromatic heterocycles. The van der Waals surface area contributed by atoms with E-state index in [1.807, 2.05) is 6.92 Å². The van der Waals surface area contributed by atoms with Crippen LogP contribution in [-0.4, -0.2) is 29.1 Å². The van der Waals surface area contributed by atoms with Crippen LogP contribution in [0.4, 0.5) is 11.4 Å². The summed E-state index contributed by atoms with van der Waals surface area (Å²) in [6, 6.07) is 4.98. The zero-order chi connectivity index (χ0) is 13.5. The van der Waals surface area contributed by atoms with Gasteiger partial charge in [-0.2, -0.15) is 0 Å². The molecule has 5 heteroatoms. The quantitative estimate of drug-likeness (QED) is 0.839. The van der Waals surface area contributed by atoms with Crippen molar-refractivity contribution in [3.63, 3.8) is 0 Å². The Bertz CT molecular complexity index is 523. The van der Waals surface area contributed by atoms with Crippen LogP contribution in [0.25, 0.3) is 0 Å². The van der Waals surface area contributed by atoms with Crippen LogP contribution in [0.5, 0.6) is 0 Å². The first-order chi connectivity index (χ1) is 8.38. The van der Waals surface area contributed by atoms with E-state index in [4.69, 9.17) is 0 Å². The zero-order valence-electron chi connectivity index (χ0n) is 10.7. The molecule has 2 rings (SSSR count). The number of hydrogen-bond acceptors (Lipinski definition) is 3. The molecule has 0 aliphatic carbocycles. The molecule has 1 aromatic carbocycles. The molecule has 0 bridgehead atoms. The van der Waals surface area contributed by atoms with Crippen LogP contribution in [-0.2, 0) is 4.79 Å². The van der Waals surface area contributed by atoms with Crippen LogP contribution in [0.2, 0.25) is 0 Å². The summed E-state index contributed by atoms with van der Waals surface area (Å²) in [6.07, 6.45) is 0. The molecule has 1 heterocycles. The Morgan fingerprint density at radius 2 is 2.11 bits per heavy atom. The Hall–Kier alpha value is -2.04. The highest BCUT2D eigenvalue weighted by Crippen LogP contribution is 2.37. The molecular weight excluding hydrogens is 232 g/mol. The summed E-state index contributed by atoms with van der Waals surface area (Å²) < 4.78 is 0. The van der Waals surface area contributed by atoms with Gasteiger partial charge in [0.15, 0.2) is 0 Å². The van der Waals surface area contributed by atoms with E-state index in [0.717, 1.165) is 0 Å². The molecule has 0 radical (unpaired) electrons. The summed E-state index contributed by atoms with van der Waals surface area (Å²) in [6.45, 7) is 5.85. The largest absolute Gasteiger partial charge is 0.478 e. The molecule has 0 saturated heterocycles. The summed E-state index contributed by atoms with van der Waals surface area (Å²) in [5.41, 5.74) is 0.559. The number of rotatable bonds is 2. The predicted molar refractivity (Wildman–Crippen MR) is 69.1 cm³/mol. The van der Waals surface area contributed by atoms with Crippen LogP contribution in [0.15, 0.2) is 18.2 Å². The number of benzene rings is 1. The van der Waals surface area contributed by atoms with Gasteiger partial charge in [0.05, 0.1) is 16.9 Å². The van der Waals surface area contributed by atoms with Gasteiger partial charge in [-0.1, -0.05) is 6.07 Å².